The third-order valence-corrected chi connectivity index (χ3v) is 3.82. The minimum atomic E-state index is -3.86. The van der Waals surface area contributed by atoms with Gasteiger partial charge < -0.3 is 9.88 Å². The Bertz CT molecular complexity index is 554. The Morgan fingerprint density at radius 2 is 2.21 bits per heavy atom. The number of imidazole rings is 1. The van der Waals surface area contributed by atoms with Crippen molar-refractivity contribution in [3.8, 4) is 0 Å². The molecule has 1 atom stereocenters. The maximum atomic E-state index is 11.8. The quantitative estimate of drug-likeness (QED) is 0.806. The van der Waals surface area contributed by atoms with Gasteiger partial charge in [0, 0.05) is 22.9 Å². The first kappa shape index (κ1) is 16.0. The summed E-state index contributed by atoms with van der Waals surface area (Å²) in [5.41, 5.74) is 0. The number of carbonyl (C=O) groups is 1. The van der Waals surface area contributed by atoms with Crippen molar-refractivity contribution in [2.75, 3.05) is 0 Å². The van der Waals surface area contributed by atoms with Crippen molar-refractivity contribution in [3.63, 3.8) is 0 Å². The zero-order valence-electron chi connectivity index (χ0n) is 11.2. The summed E-state index contributed by atoms with van der Waals surface area (Å²) in [6.45, 7) is 5.62. The summed E-state index contributed by atoms with van der Waals surface area (Å²) in [5, 5.41) is 2.60. The number of halogens is 1. The largest absolute Gasteiger partial charge is 0.352 e. The summed E-state index contributed by atoms with van der Waals surface area (Å²) in [6.07, 6.45) is 3.15. The molecule has 0 saturated carbocycles. The van der Waals surface area contributed by atoms with Gasteiger partial charge in [-0.25, -0.2) is 13.4 Å². The molecule has 0 spiro atoms. The molecule has 108 valence electrons. The molecule has 1 heterocycles. The molecule has 1 aromatic heterocycles. The van der Waals surface area contributed by atoms with Crippen molar-refractivity contribution in [2.24, 2.45) is 0 Å². The van der Waals surface area contributed by atoms with E-state index in [1.54, 1.807) is 6.92 Å². The van der Waals surface area contributed by atoms with Crippen molar-refractivity contribution in [2.45, 2.75) is 51.2 Å². The summed E-state index contributed by atoms with van der Waals surface area (Å²) in [5.74, 6) is 0.248. The highest BCUT2D eigenvalue weighted by Gasteiger charge is 2.17. The Morgan fingerprint density at radius 3 is 2.68 bits per heavy atom. The van der Waals surface area contributed by atoms with Crippen LogP contribution < -0.4 is 5.32 Å². The lowest BCUT2D eigenvalue weighted by Gasteiger charge is -2.13. The highest BCUT2D eigenvalue weighted by Crippen LogP contribution is 2.13. The van der Waals surface area contributed by atoms with Crippen LogP contribution in [0.4, 0.5) is 0 Å². The SMILES string of the molecule is CCCC(C)NC(=O)Cn1cc(S(=O)(=O)Cl)nc1C. The van der Waals surface area contributed by atoms with Gasteiger partial charge in [-0.15, -0.1) is 0 Å². The molecule has 19 heavy (non-hydrogen) atoms. The summed E-state index contributed by atoms with van der Waals surface area (Å²) in [4.78, 5) is 15.6. The van der Waals surface area contributed by atoms with Gasteiger partial charge in [0.25, 0.3) is 9.05 Å². The topological polar surface area (TPSA) is 81.1 Å². The van der Waals surface area contributed by atoms with Gasteiger partial charge in [0.15, 0.2) is 5.03 Å². The van der Waals surface area contributed by atoms with E-state index in [0.717, 1.165) is 12.8 Å². The lowest BCUT2D eigenvalue weighted by Crippen LogP contribution is -2.35. The number of nitrogens with zero attached hydrogens (tertiary/aromatic N) is 2. The monoisotopic (exact) mass is 307 g/mol. The zero-order chi connectivity index (χ0) is 14.6. The van der Waals surface area contributed by atoms with Crippen LogP contribution in [-0.2, 0) is 20.4 Å². The molecule has 0 fully saturated rings. The Morgan fingerprint density at radius 1 is 1.58 bits per heavy atom. The Kier molecular flexibility index (Phi) is 5.37. The van der Waals surface area contributed by atoms with E-state index in [0.29, 0.717) is 5.82 Å². The zero-order valence-corrected chi connectivity index (χ0v) is 12.8. The van der Waals surface area contributed by atoms with Gasteiger partial charge in [0.2, 0.25) is 5.91 Å². The van der Waals surface area contributed by atoms with E-state index in [1.165, 1.54) is 10.8 Å². The maximum Gasteiger partial charge on any atom is 0.280 e. The fraction of sp³-hybridized carbons (Fsp3) is 0.636. The lowest BCUT2D eigenvalue weighted by atomic mass is 10.2. The molecule has 8 heteroatoms. The smallest absolute Gasteiger partial charge is 0.280 e. The van der Waals surface area contributed by atoms with Crippen LogP contribution in [0.3, 0.4) is 0 Å². The predicted molar refractivity (Wildman–Crippen MR) is 72.5 cm³/mol. The third kappa shape index (κ3) is 4.83. The molecule has 0 aliphatic heterocycles. The van der Waals surface area contributed by atoms with E-state index in [4.69, 9.17) is 10.7 Å². The Labute approximate surface area is 117 Å². The van der Waals surface area contributed by atoms with Crippen LogP contribution in [0, 0.1) is 6.92 Å². The molecule has 0 bridgehead atoms. The van der Waals surface area contributed by atoms with Gasteiger partial charge in [0.05, 0.1) is 0 Å². The van der Waals surface area contributed by atoms with Crippen molar-refractivity contribution in [1.29, 1.82) is 0 Å². The molecule has 6 nitrogen and oxygen atoms in total. The summed E-state index contributed by atoms with van der Waals surface area (Å²) < 4.78 is 23.7. The lowest BCUT2D eigenvalue weighted by molar-refractivity contribution is -0.122. The van der Waals surface area contributed by atoms with Crippen LogP contribution in [0.1, 0.15) is 32.5 Å². The van der Waals surface area contributed by atoms with Crippen LogP contribution in [0.5, 0.6) is 0 Å². The Hall–Kier alpha value is -1.08. The van der Waals surface area contributed by atoms with E-state index in [2.05, 4.69) is 10.3 Å². The van der Waals surface area contributed by atoms with E-state index >= 15 is 0 Å². The Balaban J connectivity index is 2.73. The first-order valence-corrected chi connectivity index (χ1v) is 8.32. The van der Waals surface area contributed by atoms with Crippen LogP contribution in [0.25, 0.3) is 0 Å². The fourth-order valence-electron chi connectivity index (χ4n) is 1.74. The van der Waals surface area contributed by atoms with Gasteiger partial charge in [-0.05, 0) is 20.3 Å². The highest BCUT2D eigenvalue weighted by atomic mass is 35.7. The molecule has 1 unspecified atom stereocenters. The van der Waals surface area contributed by atoms with Crippen LogP contribution in [0.2, 0.25) is 0 Å². The van der Waals surface area contributed by atoms with Crippen molar-refractivity contribution in [1.82, 2.24) is 14.9 Å². The number of hydrogen-bond donors (Lipinski definition) is 1. The van der Waals surface area contributed by atoms with Gasteiger partial charge in [-0.2, -0.15) is 0 Å². The number of amides is 1. The molecule has 1 aromatic rings. The van der Waals surface area contributed by atoms with Crippen molar-refractivity contribution < 1.29 is 13.2 Å². The number of rotatable bonds is 6. The van der Waals surface area contributed by atoms with E-state index < -0.39 is 9.05 Å². The second-order valence-corrected chi connectivity index (χ2v) is 6.96. The number of carbonyl (C=O) groups excluding carboxylic acids is 1. The van der Waals surface area contributed by atoms with E-state index in [-0.39, 0.29) is 23.5 Å². The standard InChI is InChI=1S/C11H18ClN3O3S/c1-4-5-8(2)13-10(16)6-15-7-11(14-9(15)3)19(12,17)18/h7-8H,4-6H2,1-3H3,(H,13,16). The number of aryl methyl sites for hydroxylation is 1. The van der Waals surface area contributed by atoms with E-state index in [1.807, 2.05) is 13.8 Å². The van der Waals surface area contributed by atoms with Gasteiger partial charge >= 0.3 is 0 Å². The molecule has 0 aliphatic carbocycles. The molecule has 1 amide bonds. The number of aromatic nitrogens is 2. The van der Waals surface area contributed by atoms with Crippen LogP contribution >= 0.6 is 10.7 Å². The first-order chi connectivity index (χ1) is 8.74. The molecule has 0 saturated heterocycles. The molecular weight excluding hydrogens is 290 g/mol. The number of nitrogens with one attached hydrogen (secondary N) is 1. The first-order valence-electron chi connectivity index (χ1n) is 6.01. The van der Waals surface area contributed by atoms with Crippen molar-refractivity contribution in [3.05, 3.63) is 12.0 Å². The minimum Gasteiger partial charge on any atom is -0.352 e. The van der Waals surface area contributed by atoms with Gasteiger partial charge in [-0.1, -0.05) is 13.3 Å². The molecule has 0 aromatic carbocycles. The fourth-order valence-corrected chi connectivity index (χ4v) is 2.45. The molecule has 0 radical (unpaired) electrons. The normalized spacial score (nSPS) is 13.3. The molecule has 1 N–H and O–H groups in total. The summed E-state index contributed by atoms with van der Waals surface area (Å²) in [6, 6.07) is 0.0950. The maximum absolute atomic E-state index is 11.8. The van der Waals surface area contributed by atoms with E-state index in [9.17, 15) is 13.2 Å². The van der Waals surface area contributed by atoms with Crippen molar-refractivity contribution >= 4 is 25.6 Å². The average molecular weight is 308 g/mol. The average Bonchev–Trinajstić information content (AvgIpc) is 2.60. The van der Waals surface area contributed by atoms with Gasteiger partial charge in [0.1, 0.15) is 12.4 Å². The second-order valence-electron chi connectivity index (χ2n) is 4.45. The molecule has 1 rings (SSSR count). The summed E-state index contributed by atoms with van der Waals surface area (Å²) >= 11 is 0. The molecule has 0 aliphatic rings. The van der Waals surface area contributed by atoms with Gasteiger partial charge in [-0.3, -0.25) is 4.79 Å². The molecular formula is C11H18ClN3O3S. The summed E-state index contributed by atoms with van der Waals surface area (Å²) in [7, 11) is 1.34. The predicted octanol–water partition coefficient (Wildman–Crippen LogP) is 1.42. The van der Waals surface area contributed by atoms with Crippen LogP contribution in [0.15, 0.2) is 11.2 Å². The number of hydrogen-bond acceptors (Lipinski definition) is 4. The van der Waals surface area contributed by atoms with Crippen LogP contribution in [-0.4, -0.2) is 29.9 Å². The minimum absolute atomic E-state index is 0.0271. The third-order valence-electron chi connectivity index (χ3n) is 2.65. The second kappa shape index (κ2) is 6.38. The highest BCUT2D eigenvalue weighted by molar-refractivity contribution is 8.13.